The lowest BCUT2D eigenvalue weighted by Crippen LogP contribution is -2.38. The van der Waals surface area contributed by atoms with E-state index in [1.807, 2.05) is 6.07 Å². The first kappa shape index (κ1) is 22.4. The molecule has 148 valence electrons. The van der Waals surface area contributed by atoms with Crippen molar-refractivity contribution in [3.8, 4) is 0 Å². The van der Waals surface area contributed by atoms with Crippen LogP contribution in [-0.4, -0.2) is 59.6 Å². The van der Waals surface area contributed by atoms with Gasteiger partial charge in [0.15, 0.2) is 5.96 Å². The number of nitrogens with zero attached hydrogens (tertiary/aromatic N) is 2. The van der Waals surface area contributed by atoms with Gasteiger partial charge in [-0.2, -0.15) is 0 Å². The molecule has 0 atom stereocenters. The predicted octanol–water partition coefficient (Wildman–Crippen LogP) is 1.66. The number of nitrogens with one attached hydrogen (secondary N) is 2. The van der Waals surface area contributed by atoms with E-state index >= 15 is 0 Å². The van der Waals surface area contributed by atoms with Gasteiger partial charge in [-0.25, -0.2) is 12.7 Å². The number of hydrogen-bond acceptors (Lipinski definition) is 4. The number of aliphatic imine (C=N–C) groups is 1. The molecule has 2 N–H and O–H groups in total. The summed E-state index contributed by atoms with van der Waals surface area (Å²) in [4.78, 5) is 4.47. The Morgan fingerprint density at radius 3 is 2.54 bits per heavy atom. The fourth-order valence-electron chi connectivity index (χ4n) is 2.20. The Morgan fingerprint density at radius 1 is 1.23 bits per heavy atom. The maximum atomic E-state index is 12.4. The Bertz CT molecular complexity index is 673. The average Bonchev–Trinajstić information content (AvgIpc) is 2.60. The summed E-state index contributed by atoms with van der Waals surface area (Å²) in [6.07, 6.45) is 0.874. The van der Waals surface area contributed by atoms with Crippen LogP contribution in [-0.2, 0) is 21.3 Å². The number of rotatable bonds is 10. The van der Waals surface area contributed by atoms with E-state index in [0.717, 1.165) is 19.6 Å². The summed E-state index contributed by atoms with van der Waals surface area (Å²) >= 11 is 0. The van der Waals surface area contributed by atoms with Crippen LogP contribution in [0.1, 0.15) is 25.8 Å². The van der Waals surface area contributed by atoms with Gasteiger partial charge in [0.25, 0.3) is 0 Å². The molecule has 0 aliphatic carbocycles. The second-order valence-corrected chi connectivity index (χ2v) is 8.69. The van der Waals surface area contributed by atoms with Crippen molar-refractivity contribution >= 4 is 16.0 Å². The van der Waals surface area contributed by atoms with Crippen molar-refractivity contribution in [2.24, 2.45) is 10.9 Å². The first-order valence-electron chi connectivity index (χ1n) is 8.81. The van der Waals surface area contributed by atoms with Gasteiger partial charge in [-0.1, -0.05) is 32.0 Å². The van der Waals surface area contributed by atoms with Crippen molar-refractivity contribution in [1.29, 1.82) is 0 Å². The van der Waals surface area contributed by atoms with Crippen LogP contribution >= 0.6 is 0 Å². The first-order valence-corrected chi connectivity index (χ1v) is 10.3. The minimum Gasteiger partial charge on any atom is -0.381 e. The van der Waals surface area contributed by atoms with Gasteiger partial charge in [-0.3, -0.25) is 4.99 Å². The molecule has 0 aliphatic heterocycles. The maximum Gasteiger partial charge on any atom is 0.242 e. The van der Waals surface area contributed by atoms with E-state index < -0.39 is 10.0 Å². The van der Waals surface area contributed by atoms with Gasteiger partial charge in [0.2, 0.25) is 10.0 Å². The van der Waals surface area contributed by atoms with E-state index in [1.165, 1.54) is 18.4 Å². The van der Waals surface area contributed by atoms with Crippen molar-refractivity contribution in [2.45, 2.75) is 31.7 Å². The lowest BCUT2D eigenvalue weighted by molar-refractivity contribution is 0.108. The van der Waals surface area contributed by atoms with E-state index in [-0.39, 0.29) is 0 Å². The number of sulfonamides is 1. The summed E-state index contributed by atoms with van der Waals surface area (Å²) in [6, 6.07) is 6.98. The van der Waals surface area contributed by atoms with E-state index in [0.29, 0.717) is 35.5 Å². The lowest BCUT2D eigenvalue weighted by Gasteiger charge is -2.17. The largest absolute Gasteiger partial charge is 0.381 e. The summed E-state index contributed by atoms with van der Waals surface area (Å²) < 4.78 is 31.6. The van der Waals surface area contributed by atoms with Crippen LogP contribution in [0.15, 0.2) is 34.2 Å². The SMILES string of the molecule is CN=C(NCCCOCC(C)C)NCc1ccccc1S(=O)(=O)N(C)C. The molecule has 0 amide bonds. The Labute approximate surface area is 157 Å². The third-order valence-electron chi connectivity index (χ3n) is 3.61. The molecule has 1 rings (SSSR count). The van der Waals surface area contributed by atoms with Gasteiger partial charge >= 0.3 is 0 Å². The molecule has 0 spiro atoms. The molecule has 1 aromatic rings. The van der Waals surface area contributed by atoms with Crippen LogP contribution in [0.5, 0.6) is 0 Å². The van der Waals surface area contributed by atoms with Crippen molar-refractivity contribution in [1.82, 2.24) is 14.9 Å². The molecular formula is C18H32N4O3S. The van der Waals surface area contributed by atoms with Crippen LogP contribution < -0.4 is 10.6 Å². The Morgan fingerprint density at radius 2 is 1.92 bits per heavy atom. The zero-order chi connectivity index (χ0) is 19.6. The van der Waals surface area contributed by atoms with Crippen molar-refractivity contribution < 1.29 is 13.2 Å². The summed E-state index contributed by atoms with van der Waals surface area (Å²) in [5, 5.41) is 6.37. The van der Waals surface area contributed by atoms with E-state index in [2.05, 4.69) is 29.5 Å². The van der Waals surface area contributed by atoms with Gasteiger partial charge in [-0.15, -0.1) is 0 Å². The average molecular weight is 385 g/mol. The highest BCUT2D eigenvalue weighted by Crippen LogP contribution is 2.18. The molecule has 1 aromatic carbocycles. The quantitative estimate of drug-likeness (QED) is 0.364. The standard InChI is InChI=1S/C18H32N4O3S/c1-15(2)14-25-12-8-11-20-18(19-3)21-13-16-9-6-7-10-17(16)26(23,24)22(4)5/h6-7,9-10,15H,8,11-14H2,1-5H3,(H2,19,20,21). The predicted molar refractivity (Wildman–Crippen MR) is 106 cm³/mol. The van der Waals surface area contributed by atoms with Gasteiger partial charge in [0.1, 0.15) is 0 Å². The van der Waals surface area contributed by atoms with Crippen molar-refractivity contribution in [3.05, 3.63) is 29.8 Å². The third-order valence-corrected chi connectivity index (χ3v) is 5.53. The van der Waals surface area contributed by atoms with Crippen LogP contribution in [0.4, 0.5) is 0 Å². The zero-order valence-electron chi connectivity index (χ0n) is 16.4. The summed E-state index contributed by atoms with van der Waals surface area (Å²) in [5.41, 5.74) is 0.699. The highest BCUT2D eigenvalue weighted by Gasteiger charge is 2.20. The molecule has 8 heteroatoms. The van der Waals surface area contributed by atoms with Crippen LogP contribution in [0.25, 0.3) is 0 Å². The van der Waals surface area contributed by atoms with Crippen molar-refractivity contribution in [3.63, 3.8) is 0 Å². The van der Waals surface area contributed by atoms with E-state index in [1.54, 1.807) is 25.2 Å². The summed E-state index contributed by atoms with van der Waals surface area (Å²) in [6.45, 7) is 6.81. The van der Waals surface area contributed by atoms with Gasteiger partial charge in [0, 0.05) is 47.4 Å². The molecule has 0 fully saturated rings. The fraction of sp³-hybridized carbons (Fsp3) is 0.611. The number of ether oxygens (including phenoxy) is 1. The van der Waals surface area contributed by atoms with Crippen molar-refractivity contribution in [2.75, 3.05) is 40.9 Å². The molecule has 0 saturated carbocycles. The third kappa shape index (κ3) is 7.31. The van der Waals surface area contributed by atoms with E-state index in [9.17, 15) is 8.42 Å². The van der Waals surface area contributed by atoms with Crippen LogP contribution in [0.2, 0.25) is 0 Å². The molecular weight excluding hydrogens is 352 g/mol. The minimum absolute atomic E-state index is 0.301. The number of benzene rings is 1. The summed E-state index contributed by atoms with van der Waals surface area (Å²) in [7, 11) is 1.27. The second kappa shape index (κ2) is 11.2. The Kier molecular flexibility index (Phi) is 9.61. The Balaban J connectivity index is 2.55. The molecule has 0 unspecified atom stereocenters. The molecule has 0 saturated heterocycles. The molecule has 26 heavy (non-hydrogen) atoms. The highest BCUT2D eigenvalue weighted by molar-refractivity contribution is 7.89. The molecule has 0 radical (unpaired) electrons. The topological polar surface area (TPSA) is 83.0 Å². The molecule has 0 aliphatic rings. The zero-order valence-corrected chi connectivity index (χ0v) is 17.3. The van der Waals surface area contributed by atoms with Gasteiger partial charge in [-0.05, 0) is 24.0 Å². The van der Waals surface area contributed by atoms with Gasteiger partial charge < -0.3 is 15.4 Å². The molecule has 0 heterocycles. The minimum atomic E-state index is -3.48. The highest BCUT2D eigenvalue weighted by atomic mass is 32.2. The maximum absolute atomic E-state index is 12.4. The normalized spacial score (nSPS) is 12.7. The monoisotopic (exact) mass is 384 g/mol. The van der Waals surface area contributed by atoms with Gasteiger partial charge in [0.05, 0.1) is 4.90 Å². The Hall–Kier alpha value is -1.64. The van der Waals surface area contributed by atoms with Crippen LogP contribution in [0, 0.1) is 5.92 Å². The molecule has 7 nitrogen and oxygen atoms in total. The number of guanidine groups is 1. The number of hydrogen-bond donors (Lipinski definition) is 2. The molecule has 0 aromatic heterocycles. The first-order chi connectivity index (χ1) is 12.3. The molecule has 0 bridgehead atoms. The van der Waals surface area contributed by atoms with Crippen LogP contribution in [0.3, 0.4) is 0 Å². The fourth-order valence-corrected chi connectivity index (χ4v) is 3.31. The smallest absolute Gasteiger partial charge is 0.242 e. The summed E-state index contributed by atoms with van der Waals surface area (Å²) in [5.74, 6) is 1.17. The second-order valence-electron chi connectivity index (χ2n) is 6.57. The lowest BCUT2D eigenvalue weighted by atomic mass is 10.2. The van der Waals surface area contributed by atoms with E-state index in [4.69, 9.17) is 4.74 Å².